The molecule has 1 aliphatic rings. The fraction of sp³-hybridized carbons (Fsp3) is 0.350. The number of nitrogens with one attached hydrogen (secondary N) is 2. The van der Waals surface area contributed by atoms with Gasteiger partial charge in [-0.1, -0.05) is 18.2 Å². The van der Waals surface area contributed by atoms with Crippen molar-refractivity contribution in [3.05, 3.63) is 54.9 Å². The molecule has 1 fully saturated rings. The number of rotatable bonds is 7. The number of piperidine rings is 1. The average molecular weight is 417 g/mol. The van der Waals surface area contributed by atoms with Gasteiger partial charge in [-0.05, 0) is 37.1 Å². The average Bonchev–Trinajstić information content (AvgIpc) is 2.75. The van der Waals surface area contributed by atoms with Gasteiger partial charge >= 0.3 is 0 Å². The molecule has 1 aromatic heterocycles. The van der Waals surface area contributed by atoms with Crippen molar-refractivity contribution in [2.75, 3.05) is 25.0 Å². The summed E-state index contributed by atoms with van der Waals surface area (Å²) in [6, 6.07) is 11.8. The SMILES string of the molecule is O=C(CCNC(=O)C1CCN(S(=O)(=O)c2ccccc2)CC1)Nc1cccnc1. The number of benzene rings is 1. The number of sulfonamides is 1. The molecule has 0 unspecified atom stereocenters. The van der Waals surface area contributed by atoms with Crippen LogP contribution in [0, 0.1) is 5.92 Å². The maximum absolute atomic E-state index is 12.6. The van der Waals surface area contributed by atoms with Gasteiger partial charge in [0.2, 0.25) is 21.8 Å². The predicted molar refractivity (Wildman–Crippen MR) is 108 cm³/mol. The Kier molecular flexibility index (Phi) is 6.95. The van der Waals surface area contributed by atoms with Gasteiger partial charge in [0.15, 0.2) is 0 Å². The van der Waals surface area contributed by atoms with E-state index >= 15 is 0 Å². The van der Waals surface area contributed by atoms with E-state index < -0.39 is 10.0 Å². The fourth-order valence-corrected chi connectivity index (χ4v) is 4.69. The van der Waals surface area contributed by atoms with Gasteiger partial charge in [0, 0.05) is 38.2 Å². The highest BCUT2D eigenvalue weighted by atomic mass is 32.2. The Bertz CT molecular complexity index is 927. The normalized spacial score (nSPS) is 15.6. The lowest BCUT2D eigenvalue weighted by Crippen LogP contribution is -2.43. The number of hydrogen-bond donors (Lipinski definition) is 2. The number of anilines is 1. The summed E-state index contributed by atoms with van der Waals surface area (Å²) in [5.41, 5.74) is 0.607. The molecule has 0 atom stereocenters. The van der Waals surface area contributed by atoms with Crippen molar-refractivity contribution in [3.8, 4) is 0 Å². The summed E-state index contributed by atoms with van der Waals surface area (Å²) in [5, 5.41) is 5.48. The fourth-order valence-electron chi connectivity index (χ4n) is 3.20. The van der Waals surface area contributed by atoms with Crippen molar-refractivity contribution in [3.63, 3.8) is 0 Å². The summed E-state index contributed by atoms with van der Waals surface area (Å²) >= 11 is 0. The number of nitrogens with zero attached hydrogens (tertiary/aromatic N) is 2. The molecular formula is C20H24N4O4S. The van der Waals surface area contributed by atoms with Crippen LogP contribution in [-0.4, -0.2) is 49.2 Å². The second kappa shape index (κ2) is 9.62. The molecule has 1 aromatic carbocycles. The number of carbonyl (C=O) groups excluding carboxylic acids is 2. The molecule has 0 saturated carbocycles. The molecule has 0 aliphatic carbocycles. The lowest BCUT2D eigenvalue weighted by Gasteiger charge is -2.30. The third-order valence-electron chi connectivity index (χ3n) is 4.80. The van der Waals surface area contributed by atoms with E-state index in [9.17, 15) is 18.0 Å². The van der Waals surface area contributed by atoms with E-state index in [4.69, 9.17) is 0 Å². The van der Waals surface area contributed by atoms with Crippen LogP contribution in [0.5, 0.6) is 0 Å². The van der Waals surface area contributed by atoms with Gasteiger partial charge in [-0.3, -0.25) is 14.6 Å². The molecule has 9 heteroatoms. The number of hydrogen-bond acceptors (Lipinski definition) is 5. The van der Waals surface area contributed by atoms with Crippen LogP contribution in [0.25, 0.3) is 0 Å². The molecule has 2 amide bonds. The van der Waals surface area contributed by atoms with Crippen molar-refractivity contribution in [2.24, 2.45) is 5.92 Å². The maximum atomic E-state index is 12.6. The predicted octanol–water partition coefficient (Wildman–Crippen LogP) is 1.63. The summed E-state index contributed by atoms with van der Waals surface area (Å²) in [5.74, 6) is -0.600. The molecule has 1 saturated heterocycles. The highest BCUT2D eigenvalue weighted by molar-refractivity contribution is 7.89. The second-order valence-corrected chi connectivity index (χ2v) is 8.76. The first-order valence-corrected chi connectivity index (χ1v) is 10.9. The highest BCUT2D eigenvalue weighted by Crippen LogP contribution is 2.23. The zero-order valence-electron chi connectivity index (χ0n) is 16.0. The third-order valence-corrected chi connectivity index (χ3v) is 6.72. The smallest absolute Gasteiger partial charge is 0.243 e. The topological polar surface area (TPSA) is 108 Å². The first kappa shape index (κ1) is 20.9. The zero-order valence-corrected chi connectivity index (χ0v) is 16.8. The van der Waals surface area contributed by atoms with Gasteiger partial charge in [-0.25, -0.2) is 8.42 Å². The molecule has 29 heavy (non-hydrogen) atoms. The Balaban J connectivity index is 1.41. The Morgan fingerprint density at radius 1 is 1.07 bits per heavy atom. The first-order valence-electron chi connectivity index (χ1n) is 9.49. The van der Waals surface area contributed by atoms with Crippen LogP contribution in [0.15, 0.2) is 59.8 Å². The van der Waals surface area contributed by atoms with Crippen LogP contribution in [-0.2, 0) is 19.6 Å². The van der Waals surface area contributed by atoms with Gasteiger partial charge in [0.05, 0.1) is 16.8 Å². The quantitative estimate of drug-likeness (QED) is 0.713. The van der Waals surface area contributed by atoms with Crippen LogP contribution < -0.4 is 10.6 Å². The van der Waals surface area contributed by atoms with Gasteiger partial charge in [-0.15, -0.1) is 0 Å². The van der Waals surface area contributed by atoms with Crippen LogP contribution >= 0.6 is 0 Å². The van der Waals surface area contributed by atoms with E-state index in [1.54, 1.807) is 54.9 Å². The highest BCUT2D eigenvalue weighted by Gasteiger charge is 2.31. The second-order valence-electron chi connectivity index (χ2n) is 6.82. The van der Waals surface area contributed by atoms with Crippen LogP contribution in [0.3, 0.4) is 0 Å². The molecule has 8 nitrogen and oxygen atoms in total. The Morgan fingerprint density at radius 2 is 1.79 bits per heavy atom. The lowest BCUT2D eigenvalue weighted by atomic mass is 9.97. The molecule has 2 heterocycles. The lowest BCUT2D eigenvalue weighted by molar-refractivity contribution is -0.126. The van der Waals surface area contributed by atoms with Gasteiger partial charge < -0.3 is 10.6 Å². The standard InChI is InChI=1S/C20H24N4O4S/c25-19(23-17-5-4-11-21-15-17)8-12-22-20(26)16-9-13-24(14-10-16)29(27,28)18-6-2-1-3-7-18/h1-7,11,15-16H,8-10,12-14H2,(H,22,26)(H,23,25). The monoisotopic (exact) mass is 416 g/mol. The summed E-state index contributed by atoms with van der Waals surface area (Å²) in [6.45, 7) is 0.834. The largest absolute Gasteiger partial charge is 0.355 e. The molecule has 2 N–H and O–H groups in total. The van der Waals surface area contributed by atoms with Crippen molar-refractivity contribution in [2.45, 2.75) is 24.2 Å². The summed E-state index contributed by atoms with van der Waals surface area (Å²) in [6.07, 6.45) is 4.24. The third kappa shape index (κ3) is 5.61. The molecule has 2 aromatic rings. The van der Waals surface area contributed by atoms with E-state index in [0.717, 1.165) is 0 Å². The number of pyridine rings is 1. The Labute approximate surface area is 170 Å². The van der Waals surface area contributed by atoms with Crippen LogP contribution in [0.1, 0.15) is 19.3 Å². The molecule has 3 rings (SSSR count). The Morgan fingerprint density at radius 3 is 2.45 bits per heavy atom. The van der Waals surface area contributed by atoms with Crippen molar-refractivity contribution < 1.29 is 18.0 Å². The molecular weight excluding hydrogens is 392 g/mol. The van der Waals surface area contributed by atoms with Gasteiger partial charge in [0.25, 0.3) is 0 Å². The van der Waals surface area contributed by atoms with Crippen molar-refractivity contribution >= 4 is 27.5 Å². The molecule has 0 bridgehead atoms. The minimum atomic E-state index is -3.53. The van der Waals surface area contributed by atoms with Gasteiger partial charge in [0.1, 0.15) is 0 Å². The van der Waals surface area contributed by atoms with Crippen LogP contribution in [0.2, 0.25) is 0 Å². The van der Waals surface area contributed by atoms with E-state index in [-0.39, 0.29) is 35.6 Å². The van der Waals surface area contributed by atoms with Gasteiger partial charge in [-0.2, -0.15) is 4.31 Å². The summed E-state index contributed by atoms with van der Waals surface area (Å²) in [4.78, 5) is 28.4. The molecule has 0 spiro atoms. The van der Waals surface area contributed by atoms with E-state index in [1.807, 2.05) is 0 Å². The van der Waals surface area contributed by atoms with Crippen molar-refractivity contribution in [1.29, 1.82) is 0 Å². The minimum Gasteiger partial charge on any atom is -0.355 e. The van der Waals surface area contributed by atoms with E-state index in [0.29, 0.717) is 31.6 Å². The van der Waals surface area contributed by atoms with Crippen molar-refractivity contribution in [1.82, 2.24) is 14.6 Å². The number of aromatic nitrogens is 1. The zero-order chi connectivity index (χ0) is 20.7. The summed E-state index contributed by atoms with van der Waals surface area (Å²) < 4.78 is 26.7. The molecule has 154 valence electrons. The molecule has 1 aliphatic heterocycles. The molecule has 0 radical (unpaired) electrons. The van der Waals surface area contributed by atoms with E-state index in [2.05, 4.69) is 15.6 Å². The van der Waals surface area contributed by atoms with Crippen LogP contribution in [0.4, 0.5) is 5.69 Å². The number of carbonyl (C=O) groups is 2. The van der Waals surface area contributed by atoms with E-state index in [1.165, 1.54) is 4.31 Å². The summed E-state index contributed by atoms with van der Waals surface area (Å²) in [7, 11) is -3.53. The Hall–Kier alpha value is -2.78. The maximum Gasteiger partial charge on any atom is 0.243 e. The first-order chi connectivity index (χ1) is 14.0. The minimum absolute atomic E-state index is 0.143. The number of amides is 2.